The van der Waals surface area contributed by atoms with E-state index in [0.29, 0.717) is 24.8 Å². The van der Waals surface area contributed by atoms with Gasteiger partial charge in [0.2, 0.25) is 10.0 Å². The van der Waals surface area contributed by atoms with Gasteiger partial charge in [0.05, 0.1) is 37.2 Å². The van der Waals surface area contributed by atoms with Gasteiger partial charge in [-0.25, -0.2) is 17.7 Å². The number of benzene rings is 1. The molecule has 8 nitrogen and oxygen atoms in total. The van der Waals surface area contributed by atoms with Gasteiger partial charge in [-0.05, 0) is 12.1 Å². The van der Waals surface area contributed by atoms with Gasteiger partial charge in [-0.3, -0.25) is 0 Å². The van der Waals surface area contributed by atoms with E-state index in [9.17, 15) is 8.42 Å². The van der Waals surface area contributed by atoms with Crippen molar-refractivity contribution in [1.29, 1.82) is 0 Å². The van der Waals surface area contributed by atoms with E-state index >= 15 is 0 Å². The van der Waals surface area contributed by atoms with Crippen LogP contribution < -0.4 is 4.74 Å². The molecule has 0 unspecified atom stereocenters. The fourth-order valence-electron chi connectivity index (χ4n) is 3.20. The van der Waals surface area contributed by atoms with E-state index < -0.39 is 10.0 Å². The first-order valence-corrected chi connectivity index (χ1v) is 10.4. The Hall–Kier alpha value is -1.94. The van der Waals surface area contributed by atoms with E-state index in [1.165, 1.54) is 18.4 Å². The van der Waals surface area contributed by atoms with E-state index in [1.807, 2.05) is 35.0 Å². The molecule has 1 fully saturated rings. The highest BCUT2D eigenvalue weighted by Crippen LogP contribution is 2.35. The second kappa shape index (κ2) is 8.39. The lowest BCUT2D eigenvalue weighted by Gasteiger charge is -2.23. The van der Waals surface area contributed by atoms with Gasteiger partial charge in [-0.1, -0.05) is 12.1 Å². The number of imidazole rings is 1. The molecule has 2 aromatic rings. The van der Waals surface area contributed by atoms with Crippen LogP contribution in [0.15, 0.2) is 36.7 Å². The summed E-state index contributed by atoms with van der Waals surface area (Å²) in [6.45, 7) is 0.923. The summed E-state index contributed by atoms with van der Waals surface area (Å²) in [5.74, 6) is 1.16. The van der Waals surface area contributed by atoms with Crippen molar-refractivity contribution < 1.29 is 23.0 Å². The third-order valence-corrected chi connectivity index (χ3v) is 6.61. The molecule has 2 atom stereocenters. The summed E-state index contributed by atoms with van der Waals surface area (Å²) in [5, 5.41) is 9.04. The second-order valence-corrected chi connectivity index (χ2v) is 8.88. The molecular formula is C18H25N3O5S. The molecular weight excluding hydrogens is 370 g/mol. The molecule has 1 N–H and O–H groups in total. The van der Waals surface area contributed by atoms with Crippen molar-refractivity contribution in [2.24, 2.45) is 5.92 Å². The maximum Gasteiger partial charge on any atom is 0.214 e. The maximum absolute atomic E-state index is 12.3. The number of para-hydroxylation sites is 1. The van der Waals surface area contributed by atoms with E-state index in [4.69, 9.17) is 14.6 Å². The summed E-state index contributed by atoms with van der Waals surface area (Å²) in [5.41, 5.74) is 0.789. The van der Waals surface area contributed by atoms with Crippen LogP contribution in [0.4, 0.5) is 0 Å². The van der Waals surface area contributed by atoms with Crippen LogP contribution >= 0.6 is 0 Å². The molecule has 0 aliphatic carbocycles. The largest absolute Gasteiger partial charge is 0.490 e. The lowest BCUT2D eigenvalue weighted by atomic mass is 10.1. The number of ether oxygens (including phenoxy) is 2. The number of rotatable bonds is 8. The zero-order chi connectivity index (χ0) is 19.4. The van der Waals surface area contributed by atoms with Crippen LogP contribution in [0, 0.1) is 5.92 Å². The minimum atomic E-state index is -3.34. The Morgan fingerprint density at radius 2 is 2.11 bits per heavy atom. The Kier molecular flexibility index (Phi) is 6.15. The topological polar surface area (TPSA) is 93.9 Å². The van der Waals surface area contributed by atoms with Crippen molar-refractivity contribution in [2.75, 3.05) is 46.3 Å². The Bertz CT molecular complexity index is 865. The third kappa shape index (κ3) is 4.32. The summed E-state index contributed by atoms with van der Waals surface area (Å²) >= 11 is 0. The first-order chi connectivity index (χ1) is 12.9. The number of aliphatic hydroxyl groups is 1. The quantitative estimate of drug-likeness (QED) is 0.717. The van der Waals surface area contributed by atoms with Crippen LogP contribution in [-0.2, 0) is 14.8 Å². The average molecular weight is 395 g/mol. The van der Waals surface area contributed by atoms with Gasteiger partial charge in [-0.2, -0.15) is 0 Å². The molecule has 3 rings (SSSR count). The summed E-state index contributed by atoms with van der Waals surface area (Å²) in [6.07, 6.45) is 3.53. The highest BCUT2D eigenvalue weighted by Gasteiger charge is 2.35. The number of aliphatic hydroxyl groups excluding tert-OH is 1. The number of hydrogen-bond acceptors (Lipinski definition) is 6. The van der Waals surface area contributed by atoms with Crippen molar-refractivity contribution in [3.05, 3.63) is 36.7 Å². The maximum atomic E-state index is 12.3. The monoisotopic (exact) mass is 395 g/mol. The van der Waals surface area contributed by atoms with Crippen molar-refractivity contribution in [1.82, 2.24) is 13.9 Å². The fraction of sp³-hybridized carbons (Fsp3) is 0.500. The van der Waals surface area contributed by atoms with Crippen molar-refractivity contribution >= 4 is 10.0 Å². The molecule has 1 aliphatic rings. The third-order valence-electron chi connectivity index (χ3n) is 4.65. The lowest BCUT2D eigenvalue weighted by molar-refractivity contribution is 0.182. The molecule has 1 aliphatic heterocycles. The first-order valence-electron chi connectivity index (χ1n) is 8.78. The van der Waals surface area contributed by atoms with Crippen LogP contribution in [0.1, 0.15) is 6.04 Å². The van der Waals surface area contributed by atoms with Crippen molar-refractivity contribution in [3.8, 4) is 17.1 Å². The average Bonchev–Trinajstić information content (AvgIpc) is 3.28. The Morgan fingerprint density at radius 3 is 2.85 bits per heavy atom. The van der Waals surface area contributed by atoms with Gasteiger partial charge in [0, 0.05) is 32.4 Å². The zero-order valence-electron chi connectivity index (χ0n) is 15.5. The molecule has 0 saturated carbocycles. The molecule has 0 bridgehead atoms. The van der Waals surface area contributed by atoms with Gasteiger partial charge in [-0.15, -0.1) is 0 Å². The minimum absolute atomic E-state index is 0.0188. The van der Waals surface area contributed by atoms with E-state index in [1.54, 1.807) is 6.20 Å². The van der Waals surface area contributed by atoms with Crippen LogP contribution in [-0.4, -0.2) is 73.7 Å². The summed E-state index contributed by atoms with van der Waals surface area (Å²) in [6, 6.07) is 7.33. The molecule has 0 amide bonds. The molecule has 9 heteroatoms. The van der Waals surface area contributed by atoms with Crippen LogP contribution in [0.25, 0.3) is 11.4 Å². The number of nitrogens with zero attached hydrogens (tertiary/aromatic N) is 3. The highest BCUT2D eigenvalue weighted by molar-refractivity contribution is 7.89. The SMILES string of the molecule is CN(C)S(=O)(=O)C[C@H]1COC[C@H]1n1ccnc1-c1ccccc1OCCO. The van der Waals surface area contributed by atoms with Gasteiger partial charge in [0.15, 0.2) is 0 Å². The summed E-state index contributed by atoms with van der Waals surface area (Å²) in [7, 11) is -0.258. The standard InChI is InChI=1S/C18H25N3O5S/c1-20(2)27(23,24)13-14-11-25-12-16(14)21-8-7-19-18(21)15-5-3-4-6-17(15)26-10-9-22/h3-8,14,16,22H,9-13H2,1-2H3/t14-,16-/m1/s1. The highest BCUT2D eigenvalue weighted by atomic mass is 32.2. The summed E-state index contributed by atoms with van der Waals surface area (Å²) < 4.78 is 39.1. The number of sulfonamides is 1. The van der Waals surface area contributed by atoms with E-state index in [2.05, 4.69) is 4.98 Å². The van der Waals surface area contributed by atoms with Crippen LogP contribution in [0.2, 0.25) is 0 Å². The molecule has 1 saturated heterocycles. The normalized spacial score (nSPS) is 20.3. The smallest absolute Gasteiger partial charge is 0.214 e. The van der Waals surface area contributed by atoms with E-state index in [-0.39, 0.29) is 30.9 Å². The molecule has 27 heavy (non-hydrogen) atoms. The molecule has 2 heterocycles. The lowest BCUT2D eigenvalue weighted by Crippen LogP contribution is -2.32. The predicted octanol–water partition coefficient (Wildman–Crippen LogP) is 1.00. The Labute approximate surface area is 159 Å². The predicted molar refractivity (Wildman–Crippen MR) is 101 cm³/mol. The Balaban J connectivity index is 1.91. The zero-order valence-corrected chi connectivity index (χ0v) is 16.3. The van der Waals surface area contributed by atoms with Gasteiger partial charge < -0.3 is 19.1 Å². The summed E-state index contributed by atoms with van der Waals surface area (Å²) in [4.78, 5) is 4.47. The van der Waals surface area contributed by atoms with Gasteiger partial charge in [0.1, 0.15) is 18.2 Å². The molecule has 0 radical (unpaired) electrons. The second-order valence-electron chi connectivity index (χ2n) is 6.65. The number of aromatic nitrogens is 2. The molecule has 0 spiro atoms. The van der Waals surface area contributed by atoms with Crippen molar-refractivity contribution in [3.63, 3.8) is 0 Å². The van der Waals surface area contributed by atoms with Gasteiger partial charge >= 0.3 is 0 Å². The van der Waals surface area contributed by atoms with Gasteiger partial charge in [0.25, 0.3) is 0 Å². The fourth-order valence-corrected chi connectivity index (χ4v) is 4.35. The molecule has 1 aromatic heterocycles. The van der Waals surface area contributed by atoms with E-state index in [0.717, 1.165) is 5.56 Å². The first kappa shape index (κ1) is 19.8. The van der Waals surface area contributed by atoms with Crippen LogP contribution in [0.3, 0.4) is 0 Å². The Morgan fingerprint density at radius 1 is 1.33 bits per heavy atom. The molecule has 1 aromatic carbocycles. The molecule has 148 valence electrons. The van der Waals surface area contributed by atoms with Crippen molar-refractivity contribution in [2.45, 2.75) is 6.04 Å². The minimum Gasteiger partial charge on any atom is -0.490 e. The van der Waals surface area contributed by atoms with Crippen LogP contribution in [0.5, 0.6) is 5.75 Å². The number of hydrogen-bond donors (Lipinski definition) is 1.